The second-order valence-corrected chi connectivity index (χ2v) is 10.1. The van der Waals surface area contributed by atoms with E-state index in [0.717, 1.165) is 62.3 Å². The predicted octanol–water partition coefficient (Wildman–Crippen LogP) is 5.46. The van der Waals surface area contributed by atoms with Crippen molar-refractivity contribution in [3.8, 4) is 5.75 Å². The Balaban J connectivity index is 0.00000380. The molecule has 1 N–H and O–H groups in total. The number of carbonyl (C=O) groups is 2. The molecule has 2 fully saturated rings. The van der Waals surface area contributed by atoms with E-state index in [2.05, 4.69) is 10.2 Å². The van der Waals surface area contributed by atoms with Gasteiger partial charge in [-0.05, 0) is 75.0 Å². The van der Waals surface area contributed by atoms with E-state index < -0.39 is 6.09 Å². The summed E-state index contributed by atoms with van der Waals surface area (Å²) in [4.78, 5) is 29.9. The number of piperidine rings is 1. The maximum absolute atomic E-state index is 13.4. The lowest BCUT2D eigenvalue weighted by molar-refractivity contribution is -0.138. The van der Waals surface area contributed by atoms with E-state index in [0.29, 0.717) is 24.6 Å². The first-order valence-corrected chi connectivity index (χ1v) is 13.1. The minimum atomic E-state index is -0.437. The zero-order valence-corrected chi connectivity index (χ0v) is 23.2. The van der Waals surface area contributed by atoms with Crippen molar-refractivity contribution in [2.24, 2.45) is 5.41 Å². The smallest absolute Gasteiger partial charge is 0.407 e. The van der Waals surface area contributed by atoms with Gasteiger partial charge in [0.05, 0.1) is 25.2 Å². The number of halogens is 2. The molecule has 0 aliphatic carbocycles. The Morgan fingerprint density at radius 2 is 1.76 bits per heavy atom. The molecule has 2 aromatic rings. The lowest BCUT2D eigenvalue weighted by atomic mass is 9.77. The minimum Gasteiger partial charge on any atom is -0.497 e. The zero-order chi connectivity index (χ0) is 25.5. The van der Waals surface area contributed by atoms with Gasteiger partial charge in [-0.1, -0.05) is 41.9 Å². The number of benzene rings is 2. The standard InChI is InChI=1S/C28H36ClN3O4.ClH/c1-3-36-27(34)30-25(23-6-4-5-7-24(23)29)12-16-31-17-13-28(14-18-31)15-19-32(26(28)33)20-21-8-10-22(35-2)11-9-21;/h4-11,25H,3,12-20H2,1-2H3,(H,30,34);1H. The number of amides is 2. The average molecular weight is 551 g/mol. The van der Waals surface area contributed by atoms with E-state index >= 15 is 0 Å². The van der Waals surface area contributed by atoms with Gasteiger partial charge >= 0.3 is 6.09 Å². The highest BCUT2D eigenvalue weighted by Gasteiger charge is 2.47. The fourth-order valence-corrected chi connectivity index (χ4v) is 5.62. The molecule has 2 amide bonds. The molecular weight excluding hydrogens is 513 g/mol. The fourth-order valence-electron chi connectivity index (χ4n) is 5.35. The molecule has 0 aromatic heterocycles. The Hall–Kier alpha value is -2.48. The number of hydrogen-bond donors (Lipinski definition) is 1. The highest BCUT2D eigenvalue weighted by atomic mass is 35.5. The Kier molecular flexibility index (Phi) is 10.5. The fraction of sp³-hybridized carbons (Fsp3) is 0.500. The topological polar surface area (TPSA) is 71.1 Å². The summed E-state index contributed by atoms with van der Waals surface area (Å²) in [6.07, 6.45) is 2.93. The number of methoxy groups -OCH3 is 1. The molecule has 9 heteroatoms. The molecule has 0 saturated carbocycles. The van der Waals surface area contributed by atoms with Crippen molar-refractivity contribution in [1.29, 1.82) is 0 Å². The largest absolute Gasteiger partial charge is 0.497 e. The third-order valence-corrected chi connectivity index (χ3v) is 7.87. The van der Waals surface area contributed by atoms with Gasteiger partial charge in [-0.2, -0.15) is 0 Å². The first kappa shape index (κ1) is 29.1. The number of ether oxygens (including phenoxy) is 2. The molecule has 1 atom stereocenters. The lowest BCUT2D eigenvalue weighted by Crippen LogP contribution is -2.45. The maximum Gasteiger partial charge on any atom is 0.407 e. The van der Waals surface area contributed by atoms with Gasteiger partial charge in [0.15, 0.2) is 0 Å². The van der Waals surface area contributed by atoms with E-state index in [9.17, 15) is 9.59 Å². The molecule has 2 heterocycles. The van der Waals surface area contributed by atoms with Gasteiger partial charge in [-0.15, -0.1) is 12.4 Å². The van der Waals surface area contributed by atoms with Crippen molar-refractivity contribution < 1.29 is 19.1 Å². The summed E-state index contributed by atoms with van der Waals surface area (Å²) in [6, 6.07) is 15.3. The Morgan fingerprint density at radius 1 is 1.08 bits per heavy atom. The second kappa shape index (κ2) is 13.4. The van der Waals surface area contributed by atoms with Gasteiger partial charge in [0.25, 0.3) is 0 Å². The molecule has 2 aromatic carbocycles. The summed E-state index contributed by atoms with van der Waals surface area (Å²) in [5.74, 6) is 1.11. The van der Waals surface area contributed by atoms with Crippen LogP contribution in [-0.2, 0) is 16.1 Å². The van der Waals surface area contributed by atoms with Crippen LogP contribution >= 0.6 is 24.0 Å². The summed E-state index contributed by atoms with van der Waals surface area (Å²) in [6.45, 7) is 6.11. The summed E-state index contributed by atoms with van der Waals surface area (Å²) in [7, 11) is 1.66. The third-order valence-electron chi connectivity index (χ3n) is 7.53. The first-order valence-electron chi connectivity index (χ1n) is 12.8. The van der Waals surface area contributed by atoms with E-state index in [1.807, 2.05) is 53.4 Å². The summed E-state index contributed by atoms with van der Waals surface area (Å²) >= 11 is 6.43. The zero-order valence-electron chi connectivity index (χ0n) is 21.6. The van der Waals surface area contributed by atoms with Crippen LogP contribution in [0.4, 0.5) is 4.79 Å². The molecule has 7 nitrogen and oxygen atoms in total. The van der Waals surface area contributed by atoms with E-state index in [1.165, 1.54) is 0 Å². The van der Waals surface area contributed by atoms with Crippen molar-refractivity contribution in [2.75, 3.05) is 39.9 Å². The van der Waals surface area contributed by atoms with Crippen LogP contribution in [0, 0.1) is 5.41 Å². The summed E-state index contributed by atoms with van der Waals surface area (Å²) in [5.41, 5.74) is 1.77. The molecule has 2 aliphatic rings. The Morgan fingerprint density at radius 3 is 2.41 bits per heavy atom. The van der Waals surface area contributed by atoms with Gasteiger partial charge in [0.1, 0.15) is 5.75 Å². The van der Waals surface area contributed by atoms with Crippen LogP contribution in [0.2, 0.25) is 5.02 Å². The average Bonchev–Trinajstić information content (AvgIpc) is 3.18. The van der Waals surface area contributed by atoms with Gasteiger partial charge in [-0.25, -0.2) is 4.79 Å². The highest BCUT2D eigenvalue weighted by Crippen LogP contribution is 2.42. The number of nitrogens with zero attached hydrogens (tertiary/aromatic N) is 2. The number of hydrogen-bond acceptors (Lipinski definition) is 5. The van der Waals surface area contributed by atoms with Crippen LogP contribution in [0.5, 0.6) is 5.75 Å². The molecular formula is C28H37Cl2N3O4. The van der Waals surface area contributed by atoms with Crippen LogP contribution in [0.15, 0.2) is 48.5 Å². The van der Waals surface area contributed by atoms with Crippen LogP contribution < -0.4 is 10.1 Å². The normalized spacial score (nSPS) is 17.8. The number of nitrogens with one attached hydrogen (secondary N) is 1. The van der Waals surface area contributed by atoms with Gasteiger partial charge in [-0.3, -0.25) is 4.79 Å². The van der Waals surface area contributed by atoms with Crippen molar-refractivity contribution in [2.45, 2.75) is 45.2 Å². The van der Waals surface area contributed by atoms with E-state index in [1.54, 1.807) is 14.0 Å². The highest BCUT2D eigenvalue weighted by molar-refractivity contribution is 6.31. The summed E-state index contributed by atoms with van der Waals surface area (Å²) < 4.78 is 10.3. The van der Waals surface area contributed by atoms with Gasteiger partial charge in [0, 0.05) is 24.7 Å². The van der Waals surface area contributed by atoms with Crippen molar-refractivity contribution >= 4 is 36.0 Å². The Labute approximate surface area is 230 Å². The number of rotatable bonds is 9. The number of carbonyl (C=O) groups excluding carboxylic acids is 2. The lowest BCUT2D eigenvalue weighted by Gasteiger charge is -2.38. The SMILES string of the molecule is CCOC(=O)NC(CCN1CCC2(CC1)CCN(Cc1ccc(OC)cc1)C2=O)c1ccccc1Cl.Cl. The van der Waals surface area contributed by atoms with Crippen LogP contribution in [0.25, 0.3) is 0 Å². The predicted molar refractivity (Wildman–Crippen MR) is 147 cm³/mol. The number of alkyl carbamates (subject to hydrolysis) is 1. The van der Waals surface area contributed by atoms with Crippen LogP contribution in [0.1, 0.15) is 49.8 Å². The van der Waals surface area contributed by atoms with Crippen molar-refractivity contribution in [3.63, 3.8) is 0 Å². The summed E-state index contributed by atoms with van der Waals surface area (Å²) in [5, 5.41) is 3.60. The van der Waals surface area contributed by atoms with E-state index in [4.69, 9.17) is 21.1 Å². The molecule has 37 heavy (non-hydrogen) atoms. The maximum atomic E-state index is 13.4. The first-order chi connectivity index (χ1) is 17.4. The monoisotopic (exact) mass is 549 g/mol. The van der Waals surface area contributed by atoms with Gasteiger partial charge < -0.3 is 24.6 Å². The molecule has 4 rings (SSSR count). The number of likely N-dealkylation sites (tertiary alicyclic amines) is 2. The van der Waals surface area contributed by atoms with Crippen LogP contribution in [-0.4, -0.2) is 61.7 Å². The van der Waals surface area contributed by atoms with Crippen molar-refractivity contribution in [1.82, 2.24) is 15.1 Å². The quantitative estimate of drug-likeness (QED) is 0.449. The molecule has 2 aliphatic heterocycles. The third kappa shape index (κ3) is 7.09. The molecule has 1 spiro atoms. The van der Waals surface area contributed by atoms with Gasteiger partial charge in [0.2, 0.25) is 5.91 Å². The second-order valence-electron chi connectivity index (χ2n) is 9.67. The minimum absolute atomic E-state index is 0. The van der Waals surface area contributed by atoms with Crippen LogP contribution in [0.3, 0.4) is 0 Å². The van der Waals surface area contributed by atoms with E-state index in [-0.39, 0.29) is 29.8 Å². The molecule has 202 valence electrons. The van der Waals surface area contributed by atoms with Crippen molar-refractivity contribution in [3.05, 3.63) is 64.7 Å². The molecule has 2 saturated heterocycles. The molecule has 0 radical (unpaired) electrons. The molecule has 1 unspecified atom stereocenters. The Bertz CT molecular complexity index is 1040. The molecule has 0 bridgehead atoms.